The highest BCUT2D eigenvalue weighted by molar-refractivity contribution is 5.65. The maximum atomic E-state index is 12.5. The third-order valence-electron chi connectivity index (χ3n) is 2.59. The van der Waals surface area contributed by atoms with Gasteiger partial charge in [-0.25, -0.2) is 4.79 Å². The minimum Gasteiger partial charge on any atom is -0.439 e. The summed E-state index contributed by atoms with van der Waals surface area (Å²) in [4.78, 5) is 12.0. The smallest absolute Gasteiger partial charge is 0.416 e. The molecule has 2 rings (SSSR count). The standard InChI is InChI=1S/C11H10F3N5O2/c12-11(13,14)8-3-1-7(2-4-8)9(21-10(15)20)5-19-17-6-16-18-19/h1-4,6,9H,5H2,(H2,15,20). The Morgan fingerprint density at radius 3 is 2.48 bits per heavy atom. The Kier molecular flexibility index (Phi) is 4.05. The van der Waals surface area contributed by atoms with E-state index in [9.17, 15) is 18.0 Å². The van der Waals surface area contributed by atoms with Crippen LogP contribution in [0.1, 0.15) is 17.2 Å². The second-order valence-corrected chi connectivity index (χ2v) is 4.04. The molecule has 0 spiro atoms. The van der Waals surface area contributed by atoms with Gasteiger partial charge in [0, 0.05) is 0 Å². The van der Waals surface area contributed by atoms with Gasteiger partial charge >= 0.3 is 12.3 Å². The van der Waals surface area contributed by atoms with E-state index in [1.807, 2.05) is 0 Å². The summed E-state index contributed by atoms with van der Waals surface area (Å²) in [6.07, 6.45) is -5.24. The predicted octanol–water partition coefficient (Wildman–Crippen LogP) is 1.53. The number of ether oxygens (including phenoxy) is 1. The van der Waals surface area contributed by atoms with Crippen molar-refractivity contribution in [3.63, 3.8) is 0 Å². The summed E-state index contributed by atoms with van der Waals surface area (Å²) in [6.45, 7) is -0.0195. The average Bonchev–Trinajstić information content (AvgIpc) is 2.89. The molecule has 0 saturated carbocycles. The van der Waals surface area contributed by atoms with Crippen molar-refractivity contribution in [3.05, 3.63) is 41.7 Å². The van der Waals surface area contributed by atoms with Crippen LogP contribution < -0.4 is 5.73 Å². The molecule has 0 saturated heterocycles. The van der Waals surface area contributed by atoms with Crippen LogP contribution in [0.3, 0.4) is 0 Å². The van der Waals surface area contributed by atoms with Gasteiger partial charge < -0.3 is 10.5 Å². The number of nitrogens with two attached hydrogens (primary N) is 1. The number of amides is 1. The van der Waals surface area contributed by atoms with Crippen molar-refractivity contribution < 1.29 is 22.7 Å². The molecule has 10 heteroatoms. The molecule has 112 valence electrons. The zero-order valence-electron chi connectivity index (χ0n) is 10.5. The molecule has 0 bridgehead atoms. The summed E-state index contributed by atoms with van der Waals surface area (Å²) in [7, 11) is 0. The van der Waals surface area contributed by atoms with Crippen molar-refractivity contribution in [1.82, 2.24) is 20.2 Å². The second-order valence-electron chi connectivity index (χ2n) is 4.04. The van der Waals surface area contributed by atoms with Crippen LogP contribution in [0.4, 0.5) is 18.0 Å². The van der Waals surface area contributed by atoms with E-state index in [1.165, 1.54) is 18.5 Å². The number of rotatable bonds is 4. The molecule has 2 aromatic rings. The predicted molar refractivity (Wildman–Crippen MR) is 62.7 cm³/mol. The highest BCUT2D eigenvalue weighted by Gasteiger charge is 2.30. The second kappa shape index (κ2) is 5.77. The molecular weight excluding hydrogens is 291 g/mol. The Hall–Kier alpha value is -2.65. The normalized spacial score (nSPS) is 12.9. The lowest BCUT2D eigenvalue weighted by molar-refractivity contribution is -0.137. The number of hydrogen-bond donors (Lipinski definition) is 1. The number of halogens is 3. The Morgan fingerprint density at radius 2 is 2.00 bits per heavy atom. The van der Waals surface area contributed by atoms with E-state index in [1.54, 1.807) is 0 Å². The van der Waals surface area contributed by atoms with Crippen molar-refractivity contribution in [2.45, 2.75) is 18.8 Å². The number of nitrogens with zero attached hydrogens (tertiary/aromatic N) is 4. The van der Waals surface area contributed by atoms with Crippen LogP contribution in [0, 0.1) is 0 Å². The highest BCUT2D eigenvalue weighted by atomic mass is 19.4. The minimum atomic E-state index is -4.44. The lowest BCUT2D eigenvalue weighted by Gasteiger charge is -2.17. The minimum absolute atomic E-state index is 0.0195. The van der Waals surface area contributed by atoms with E-state index >= 15 is 0 Å². The van der Waals surface area contributed by atoms with Gasteiger partial charge in [0.15, 0.2) is 12.4 Å². The zero-order valence-corrected chi connectivity index (χ0v) is 10.5. The Morgan fingerprint density at radius 1 is 1.33 bits per heavy atom. The summed E-state index contributed by atoms with van der Waals surface area (Å²) in [5.74, 6) is 0. The molecule has 2 N–H and O–H groups in total. The van der Waals surface area contributed by atoms with Gasteiger partial charge in [-0.3, -0.25) is 0 Å². The Labute approximate surface area is 116 Å². The lowest BCUT2D eigenvalue weighted by atomic mass is 10.1. The number of hydrogen-bond acceptors (Lipinski definition) is 5. The molecule has 1 unspecified atom stereocenters. The third-order valence-corrected chi connectivity index (χ3v) is 2.59. The third kappa shape index (κ3) is 3.91. The van der Waals surface area contributed by atoms with Crippen LogP contribution in [0.25, 0.3) is 0 Å². The molecule has 0 fully saturated rings. The van der Waals surface area contributed by atoms with Gasteiger partial charge in [-0.05, 0) is 22.9 Å². The zero-order chi connectivity index (χ0) is 15.5. The monoisotopic (exact) mass is 301 g/mol. The van der Waals surface area contributed by atoms with Crippen LogP contribution in [-0.4, -0.2) is 26.3 Å². The first-order valence-corrected chi connectivity index (χ1v) is 5.70. The number of carbonyl (C=O) groups is 1. The van der Waals surface area contributed by atoms with Crippen LogP contribution in [0.2, 0.25) is 0 Å². The first-order chi connectivity index (χ1) is 9.86. The summed E-state index contributed by atoms with van der Waals surface area (Å²) in [6, 6.07) is 4.18. The van der Waals surface area contributed by atoms with Crippen LogP contribution in [0.5, 0.6) is 0 Å². The molecule has 1 heterocycles. The largest absolute Gasteiger partial charge is 0.439 e. The average molecular weight is 301 g/mol. The van der Waals surface area contributed by atoms with Gasteiger partial charge in [-0.1, -0.05) is 12.1 Å². The van der Waals surface area contributed by atoms with Gasteiger partial charge in [-0.2, -0.15) is 18.0 Å². The molecule has 0 aliphatic rings. The van der Waals surface area contributed by atoms with E-state index < -0.39 is 23.9 Å². The Balaban J connectivity index is 2.22. The topological polar surface area (TPSA) is 95.9 Å². The van der Waals surface area contributed by atoms with Gasteiger partial charge in [0.05, 0.1) is 5.56 Å². The van der Waals surface area contributed by atoms with Crippen molar-refractivity contribution in [2.24, 2.45) is 5.73 Å². The van der Waals surface area contributed by atoms with Crippen molar-refractivity contribution >= 4 is 6.09 Å². The number of benzene rings is 1. The van der Waals surface area contributed by atoms with E-state index in [0.29, 0.717) is 5.56 Å². The molecular formula is C11H10F3N5O2. The fraction of sp³-hybridized carbons (Fsp3) is 0.273. The van der Waals surface area contributed by atoms with E-state index in [-0.39, 0.29) is 6.54 Å². The number of carbonyl (C=O) groups excluding carboxylic acids is 1. The molecule has 1 atom stereocenters. The van der Waals surface area contributed by atoms with Crippen molar-refractivity contribution in [3.8, 4) is 0 Å². The number of primary amides is 1. The SMILES string of the molecule is NC(=O)OC(Cn1ncnn1)c1ccc(C(F)(F)F)cc1. The molecule has 1 aromatic carbocycles. The number of tetrazole rings is 1. The van der Waals surface area contributed by atoms with Gasteiger partial charge in [0.25, 0.3) is 0 Å². The molecule has 0 aliphatic heterocycles. The van der Waals surface area contributed by atoms with Gasteiger partial charge in [0.2, 0.25) is 0 Å². The quantitative estimate of drug-likeness (QED) is 0.923. The fourth-order valence-corrected chi connectivity index (χ4v) is 1.66. The summed E-state index contributed by atoms with van der Waals surface area (Å²) in [5.41, 5.74) is 4.48. The first kappa shape index (κ1) is 14.8. The maximum Gasteiger partial charge on any atom is 0.416 e. The molecule has 1 aromatic heterocycles. The van der Waals surface area contributed by atoms with Gasteiger partial charge in [0.1, 0.15) is 6.54 Å². The fourth-order valence-electron chi connectivity index (χ4n) is 1.66. The van der Waals surface area contributed by atoms with Crippen LogP contribution in [-0.2, 0) is 17.5 Å². The number of alkyl halides is 3. The molecule has 21 heavy (non-hydrogen) atoms. The molecule has 0 aliphatic carbocycles. The van der Waals surface area contributed by atoms with E-state index in [2.05, 4.69) is 15.4 Å². The van der Waals surface area contributed by atoms with Crippen LogP contribution >= 0.6 is 0 Å². The first-order valence-electron chi connectivity index (χ1n) is 5.70. The highest BCUT2D eigenvalue weighted by Crippen LogP contribution is 2.30. The summed E-state index contributed by atoms with van der Waals surface area (Å²) < 4.78 is 42.4. The van der Waals surface area contributed by atoms with E-state index in [0.717, 1.165) is 16.9 Å². The van der Waals surface area contributed by atoms with Crippen molar-refractivity contribution in [1.29, 1.82) is 0 Å². The Bertz CT molecular complexity index is 597. The van der Waals surface area contributed by atoms with Gasteiger partial charge in [-0.15, -0.1) is 10.2 Å². The van der Waals surface area contributed by atoms with Crippen molar-refractivity contribution in [2.75, 3.05) is 0 Å². The van der Waals surface area contributed by atoms with Crippen LogP contribution in [0.15, 0.2) is 30.6 Å². The molecule has 1 amide bonds. The molecule has 0 radical (unpaired) electrons. The van der Waals surface area contributed by atoms with E-state index in [4.69, 9.17) is 10.5 Å². The lowest BCUT2D eigenvalue weighted by Crippen LogP contribution is -2.22. The maximum absolute atomic E-state index is 12.5. The number of aromatic nitrogens is 4. The molecule has 7 nitrogen and oxygen atoms in total. The summed E-state index contributed by atoms with van der Waals surface area (Å²) >= 11 is 0. The summed E-state index contributed by atoms with van der Waals surface area (Å²) in [5, 5.41) is 10.8.